The van der Waals surface area contributed by atoms with Crippen molar-refractivity contribution in [2.75, 3.05) is 7.05 Å². The van der Waals surface area contributed by atoms with Crippen LogP contribution in [-0.2, 0) is 10.3 Å². The molecule has 2 aliphatic heterocycles. The fourth-order valence-corrected chi connectivity index (χ4v) is 4.51. The van der Waals surface area contributed by atoms with Crippen molar-refractivity contribution < 1.29 is 9.53 Å². The summed E-state index contributed by atoms with van der Waals surface area (Å²) in [5, 5.41) is 0. The SMILES string of the molecule is CN1C(=O)C2(CC(C)(C)Oc3ccc(C4CCCC4)cc32)N=C1N. The van der Waals surface area contributed by atoms with Gasteiger partial charge in [-0.2, -0.15) is 0 Å². The van der Waals surface area contributed by atoms with Crippen LogP contribution in [0.1, 0.15) is 63.0 Å². The third kappa shape index (κ3) is 2.14. The van der Waals surface area contributed by atoms with E-state index in [1.807, 2.05) is 19.9 Å². The van der Waals surface area contributed by atoms with Crippen LogP contribution in [0.5, 0.6) is 5.75 Å². The molecule has 5 heteroatoms. The number of amides is 1. The van der Waals surface area contributed by atoms with Crippen LogP contribution in [0, 0.1) is 0 Å². The van der Waals surface area contributed by atoms with E-state index in [0.29, 0.717) is 12.3 Å². The van der Waals surface area contributed by atoms with Gasteiger partial charge in [-0.3, -0.25) is 9.69 Å². The first-order chi connectivity index (χ1) is 11.3. The van der Waals surface area contributed by atoms with E-state index in [1.54, 1.807) is 7.05 Å². The molecular formula is C19H25N3O2. The zero-order valence-electron chi connectivity index (χ0n) is 14.6. The normalized spacial score (nSPS) is 28.9. The molecule has 0 saturated heterocycles. The highest BCUT2D eigenvalue weighted by Gasteiger charge is 2.55. The monoisotopic (exact) mass is 327 g/mol. The number of likely N-dealkylation sites (N-methyl/N-ethyl adjacent to an activating group) is 1. The molecule has 2 heterocycles. The van der Waals surface area contributed by atoms with Crippen LogP contribution >= 0.6 is 0 Å². The van der Waals surface area contributed by atoms with Crippen molar-refractivity contribution in [1.82, 2.24) is 4.90 Å². The van der Waals surface area contributed by atoms with Crippen LogP contribution in [0.3, 0.4) is 0 Å². The Morgan fingerprint density at radius 3 is 2.62 bits per heavy atom. The largest absolute Gasteiger partial charge is 0.487 e. The van der Waals surface area contributed by atoms with Gasteiger partial charge in [0.05, 0.1) is 0 Å². The zero-order valence-corrected chi connectivity index (χ0v) is 14.6. The number of nitrogens with two attached hydrogens (primary N) is 1. The summed E-state index contributed by atoms with van der Waals surface area (Å²) in [4.78, 5) is 19.2. The second-order valence-electron chi connectivity index (χ2n) is 7.97. The Kier molecular flexibility index (Phi) is 3.21. The Morgan fingerprint density at radius 1 is 1.29 bits per heavy atom. The zero-order chi connectivity index (χ0) is 17.1. The van der Waals surface area contributed by atoms with Crippen molar-refractivity contribution in [3.05, 3.63) is 29.3 Å². The van der Waals surface area contributed by atoms with E-state index >= 15 is 0 Å². The molecule has 1 spiro atoms. The maximum absolute atomic E-state index is 13.1. The number of ether oxygens (including phenoxy) is 1. The van der Waals surface area contributed by atoms with Crippen LogP contribution < -0.4 is 10.5 Å². The predicted octanol–water partition coefficient (Wildman–Crippen LogP) is 2.89. The minimum atomic E-state index is -0.940. The van der Waals surface area contributed by atoms with Gasteiger partial charge in [-0.1, -0.05) is 18.9 Å². The third-order valence-corrected chi connectivity index (χ3v) is 5.65. The number of benzene rings is 1. The van der Waals surface area contributed by atoms with Crippen molar-refractivity contribution in [3.63, 3.8) is 0 Å². The average Bonchev–Trinajstić information content (AvgIpc) is 3.12. The molecule has 0 bridgehead atoms. The highest BCUT2D eigenvalue weighted by molar-refractivity contribution is 6.07. The lowest BCUT2D eigenvalue weighted by molar-refractivity contribution is -0.133. The molecule has 24 heavy (non-hydrogen) atoms. The van der Waals surface area contributed by atoms with E-state index in [9.17, 15) is 4.79 Å². The fourth-order valence-electron chi connectivity index (χ4n) is 4.51. The average molecular weight is 327 g/mol. The van der Waals surface area contributed by atoms with Crippen LogP contribution in [0.4, 0.5) is 0 Å². The Hall–Kier alpha value is -2.04. The molecule has 0 radical (unpaired) electrons. The number of aliphatic imine (C=N–C) groups is 1. The van der Waals surface area contributed by atoms with Gasteiger partial charge in [0.1, 0.15) is 11.4 Å². The first kappa shape index (κ1) is 15.5. The summed E-state index contributed by atoms with van der Waals surface area (Å²) in [6.07, 6.45) is 5.51. The fraction of sp³-hybridized carbons (Fsp3) is 0.579. The molecule has 1 atom stereocenters. The number of hydrogen-bond donors (Lipinski definition) is 1. The van der Waals surface area contributed by atoms with E-state index < -0.39 is 11.1 Å². The molecule has 1 amide bonds. The van der Waals surface area contributed by atoms with Gasteiger partial charge >= 0.3 is 0 Å². The summed E-state index contributed by atoms with van der Waals surface area (Å²) < 4.78 is 6.16. The molecule has 1 aromatic carbocycles. The third-order valence-electron chi connectivity index (χ3n) is 5.65. The molecular weight excluding hydrogens is 302 g/mol. The molecule has 1 fully saturated rings. The Bertz CT molecular complexity index is 734. The quantitative estimate of drug-likeness (QED) is 0.862. The lowest BCUT2D eigenvalue weighted by Gasteiger charge is -2.41. The highest BCUT2D eigenvalue weighted by atomic mass is 16.5. The van der Waals surface area contributed by atoms with E-state index in [0.717, 1.165) is 11.3 Å². The van der Waals surface area contributed by atoms with Crippen LogP contribution in [-0.4, -0.2) is 29.4 Å². The number of carbonyl (C=O) groups excluding carboxylic acids is 1. The first-order valence-electron chi connectivity index (χ1n) is 8.79. The highest BCUT2D eigenvalue weighted by Crippen LogP contribution is 2.50. The van der Waals surface area contributed by atoms with Crippen LogP contribution in [0.15, 0.2) is 23.2 Å². The van der Waals surface area contributed by atoms with Crippen LogP contribution in [0.25, 0.3) is 0 Å². The number of fused-ring (bicyclic) bond motifs is 2. The van der Waals surface area contributed by atoms with Crippen molar-refractivity contribution >= 4 is 11.9 Å². The molecule has 1 unspecified atom stereocenters. The maximum atomic E-state index is 13.1. The molecule has 1 aromatic rings. The predicted molar refractivity (Wildman–Crippen MR) is 93.0 cm³/mol. The van der Waals surface area contributed by atoms with Crippen molar-refractivity contribution in [3.8, 4) is 5.75 Å². The molecule has 3 aliphatic rings. The van der Waals surface area contributed by atoms with Crippen molar-refractivity contribution in [2.24, 2.45) is 10.7 Å². The molecule has 5 nitrogen and oxygen atoms in total. The van der Waals surface area contributed by atoms with E-state index in [4.69, 9.17) is 10.5 Å². The molecule has 2 N–H and O–H groups in total. The number of guanidine groups is 1. The molecule has 0 aromatic heterocycles. The number of carbonyl (C=O) groups is 1. The summed E-state index contributed by atoms with van der Waals surface area (Å²) in [7, 11) is 1.69. The number of hydrogen-bond acceptors (Lipinski definition) is 4. The van der Waals surface area contributed by atoms with Gasteiger partial charge in [0.15, 0.2) is 11.5 Å². The van der Waals surface area contributed by atoms with Gasteiger partial charge in [-0.05, 0) is 50.3 Å². The smallest absolute Gasteiger partial charge is 0.261 e. The second-order valence-corrected chi connectivity index (χ2v) is 7.97. The standard InChI is InChI=1S/C19H25N3O2/c1-18(2)11-19(16(23)22(3)17(20)21-19)14-10-13(8-9-15(14)24-18)12-6-4-5-7-12/h8-10,12H,4-7,11H2,1-3H3,(H2,20,21). The lowest BCUT2D eigenvalue weighted by Crippen LogP contribution is -2.49. The Balaban J connectivity index is 1.87. The van der Waals surface area contributed by atoms with Gasteiger partial charge < -0.3 is 10.5 Å². The Morgan fingerprint density at radius 2 is 2.00 bits per heavy atom. The van der Waals surface area contributed by atoms with Gasteiger partial charge in [0, 0.05) is 19.0 Å². The summed E-state index contributed by atoms with van der Waals surface area (Å²) in [6, 6.07) is 6.32. The summed E-state index contributed by atoms with van der Waals surface area (Å²) in [6.45, 7) is 4.00. The molecule has 1 aliphatic carbocycles. The van der Waals surface area contributed by atoms with Crippen LogP contribution in [0.2, 0.25) is 0 Å². The lowest BCUT2D eigenvalue weighted by atomic mass is 9.76. The second kappa shape index (κ2) is 4.98. The number of nitrogens with zero attached hydrogens (tertiary/aromatic N) is 2. The van der Waals surface area contributed by atoms with E-state index in [2.05, 4.69) is 17.1 Å². The molecule has 4 rings (SSSR count). The topological polar surface area (TPSA) is 67.9 Å². The number of rotatable bonds is 1. The van der Waals surface area contributed by atoms with E-state index in [-0.39, 0.29) is 11.9 Å². The summed E-state index contributed by atoms with van der Waals surface area (Å²) in [5.74, 6) is 1.57. The summed E-state index contributed by atoms with van der Waals surface area (Å²) in [5.41, 5.74) is 6.76. The maximum Gasteiger partial charge on any atom is 0.261 e. The first-order valence-corrected chi connectivity index (χ1v) is 8.79. The van der Waals surface area contributed by atoms with E-state index in [1.165, 1.54) is 36.1 Å². The van der Waals surface area contributed by atoms with Gasteiger partial charge in [-0.15, -0.1) is 0 Å². The summed E-state index contributed by atoms with van der Waals surface area (Å²) >= 11 is 0. The minimum Gasteiger partial charge on any atom is -0.487 e. The van der Waals surface area contributed by atoms with Gasteiger partial charge in [-0.25, -0.2) is 4.99 Å². The molecule has 1 saturated carbocycles. The minimum absolute atomic E-state index is 0.0544. The Labute approximate surface area is 142 Å². The van der Waals surface area contributed by atoms with Crippen molar-refractivity contribution in [2.45, 2.75) is 63.0 Å². The molecule has 128 valence electrons. The van der Waals surface area contributed by atoms with Gasteiger partial charge in [0.2, 0.25) is 0 Å². The van der Waals surface area contributed by atoms with Gasteiger partial charge in [0.25, 0.3) is 5.91 Å². The van der Waals surface area contributed by atoms with Crippen molar-refractivity contribution in [1.29, 1.82) is 0 Å².